The zero-order chi connectivity index (χ0) is 24.3. The Labute approximate surface area is 198 Å². The first-order valence-electron chi connectivity index (χ1n) is 11.2. The molecule has 0 unspecified atom stereocenters. The quantitative estimate of drug-likeness (QED) is 0.418. The average Bonchev–Trinajstić information content (AvgIpc) is 2.85. The fourth-order valence-electron chi connectivity index (χ4n) is 3.64. The molecule has 9 heteroatoms. The van der Waals surface area contributed by atoms with E-state index < -0.39 is 43.2 Å². The van der Waals surface area contributed by atoms with Crippen molar-refractivity contribution in [3.05, 3.63) is 71.8 Å². The van der Waals surface area contributed by atoms with Crippen molar-refractivity contribution in [3.63, 3.8) is 0 Å². The van der Waals surface area contributed by atoms with E-state index in [0.717, 1.165) is 11.1 Å². The molecule has 9 nitrogen and oxygen atoms in total. The van der Waals surface area contributed by atoms with Gasteiger partial charge in [0.25, 0.3) is 0 Å². The molecular weight excluding hydrogens is 442 g/mol. The van der Waals surface area contributed by atoms with Gasteiger partial charge in [0.15, 0.2) is 6.29 Å². The molecule has 1 fully saturated rings. The number of carbonyl (C=O) groups is 2. The van der Waals surface area contributed by atoms with Gasteiger partial charge in [0, 0.05) is 6.92 Å². The lowest BCUT2D eigenvalue weighted by Crippen LogP contribution is -2.65. The van der Waals surface area contributed by atoms with E-state index in [1.165, 1.54) is 6.92 Å². The fourth-order valence-corrected chi connectivity index (χ4v) is 3.64. The number of benzene rings is 2. The monoisotopic (exact) mass is 473 g/mol. The van der Waals surface area contributed by atoms with Gasteiger partial charge in [-0.3, -0.25) is 9.59 Å². The van der Waals surface area contributed by atoms with Crippen LogP contribution in [0.4, 0.5) is 0 Å². The highest BCUT2D eigenvalue weighted by atomic mass is 16.7. The van der Waals surface area contributed by atoms with Gasteiger partial charge in [-0.2, -0.15) is 0 Å². The van der Waals surface area contributed by atoms with Crippen LogP contribution in [0.1, 0.15) is 24.5 Å². The van der Waals surface area contributed by atoms with Crippen LogP contribution in [0, 0.1) is 0 Å². The van der Waals surface area contributed by atoms with E-state index in [4.69, 9.17) is 18.9 Å². The molecule has 1 saturated heterocycles. The molecule has 0 aliphatic carbocycles. The van der Waals surface area contributed by atoms with Crippen LogP contribution in [-0.4, -0.2) is 65.9 Å². The van der Waals surface area contributed by atoms with Crippen LogP contribution in [0.3, 0.4) is 0 Å². The van der Waals surface area contributed by atoms with Crippen molar-refractivity contribution in [1.29, 1.82) is 0 Å². The highest BCUT2D eigenvalue weighted by Gasteiger charge is 2.47. The molecular formula is C25H31NO8. The van der Waals surface area contributed by atoms with Crippen molar-refractivity contribution in [2.75, 3.05) is 13.2 Å². The molecule has 1 aliphatic heterocycles. The van der Waals surface area contributed by atoms with E-state index in [0.29, 0.717) is 0 Å². The highest BCUT2D eigenvalue weighted by molar-refractivity contribution is 5.73. The maximum atomic E-state index is 12.1. The van der Waals surface area contributed by atoms with Gasteiger partial charge in [-0.1, -0.05) is 60.7 Å². The lowest BCUT2D eigenvalue weighted by atomic mass is 9.96. The summed E-state index contributed by atoms with van der Waals surface area (Å²) in [5, 5.41) is 23.1. The minimum atomic E-state index is -1.25. The lowest BCUT2D eigenvalue weighted by Gasteiger charge is -2.44. The van der Waals surface area contributed by atoms with Crippen LogP contribution in [0.5, 0.6) is 0 Å². The van der Waals surface area contributed by atoms with Gasteiger partial charge in [0.2, 0.25) is 5.91 Å². The number of hydrogen-bond donors (Lipinski definition) is 3. The molecule has 1 heterocycles. The van der Waals surface area contributed by atoms with Gasteiger partial charge in [-0.05, 0) is 11.1 Å². The number of carbonyl (C=O) groups excluding carboxylic acids is 2. The zero-order valence-corrected chi connectivity index (χ0v) is 19.0. The topological polar surface area (TPSA) is 124 Å². The second kappa shape index (κ2) is 13.2. The smallest absolute Gasteiger partial charge is 0.308 e. The second-order valence-corrected chi connectivity index (χ2v) is 7.97. The number of esters is 1. The zero-order valence-electron chi connectivity index (χ0n) is 19.0. The van der Waals surface area contributed by atoms with E-state index in [9.17, 15) is 19.8 Å². The van der Waals surface area contributed by atoms with Gasteiger partial charge >= 0.3 is 5.97 Å². The Morgan fingerprint density at radius 1 is 0.971 bits per heavy atom. The van der Waals surface area contributed by atoms with Crippen LogP contribution in [0.25, 0.3) is 0 Å². The number of aliphatic hydroxyl groups excluding tert-OH is 2. The molecule has 2 aromatic rings. The number of ether oxygens (including phenoxy) is 4. The summed E-state index contributed by atoms with van der Waals surface area (Å²) in [7, 11) is 0. The van der Waals surface area contributed by atoms with Crippen LogP contribution >= 0.6 is 0 Å². The molecule has 3 N–H and O–H groups in total. The third-order valence-electron chi connectivity index (χ3n) is 5.34. The number of aliphatic hydroxyl groups is 2. The fraction of sp³-hybridized carbons (Fsp3) is 0.440. The molecule has 0 radical (unpaired) electrons. The summed E-state index contributed by atoms with van der Waals surface area (Å²) in [5.41, 5.74) is 1.75. The Kier molecular flexibility index (Phi) is 9.99. The van der Waals surface area contributed by atoms with Crippen molar-refractivity contribution in [2.24, 2.45) is 0 Å². The summed E-state index contributed by atoms with van der Waals surface area (Å²) < 4.78 is 22.7. The highest BCUT2D eigenvalue weighted by Crippen LogP contribution is 2.25. The van der Waals surface area contributed by atoms with E-state index in [1.807, 2.05) is 60.7 Å². The summed E-state index contributed by atoms with van der Waals surface area (Å²) in [6.45, 7) is 1.13. The van der Waals surface area contributed by atoms with Crippen LogP contribution in [-0.2, 0) is 41.8 Å². The standard InChI is InChI=1S/C25H31NO8/c1-17(28)26-22-24(31-13-12-21(29)32-15-18-8-4-2-5-9-18)23(30)20(14-27)34-25(22)33-16-19-10-6-3-7-11-19/h2-11,20,22-25,27,30H,12-16H2,1H3,(H,26,28)/t20-,22-,23+,24+,25-/m0/s1. The number of nitrogens with one attached hydrogen (secondary N) is 1. The summed E-state index contributed by atoms with van der Waals surface area (Å²) in [6, 6.07) is 17.8. The first kappa shape index (κ1) is 25.8. The third-order valence-corrected chi connectivity index (χ3v) is 5.34. The van der Waals surface area contributed by atoms with Crippen LogP contribution in [0.15, 0.2) is 60.7 Å². The summed E-state index contributed by atoms with van der Waals surface area (Å²) in [6.07, 6.45) is -4.25. The Morgan fingerprint density at radius 2 is 1.59 bits per heavy atom. The summed E-state index contributed by atoms with van der Waals surface area (Å²) in [5.74, 6) is -0.829. The second-order valence-electron chi connectivity index (χ2n) is 7.97. The van der Waals surface area contributed by atoms with Crippen LogP contribution in [0.2, 0.25) is 0 Å². The van der Waals surface area contributed by atoms with Crippen molar-refractivity contribution in [1.82, 2.24) is 5.32 Å². The lowest BCUT2D eigenvalue weighted by molar-refractivity contribution is -0.280. The first-order chi connectivity index (χ1) is 16.5. The van der Waals surface area contributed by atoms with Crippen molar-refractivity contribution in [2.45, 2.75) is 57.2 Å². The predicted octanol–water partition coefficient (Wildman–Crippen LogP) is 1.30. The normalized spacial score (nSPS) is 24.4. The SMILES string of the molecule is CC(=O)N[C@@H]1[C@@H](OCc2ccccc2)O[C@@H](CO)[C@@H](O)[C@@H]1OCCC(=O)OCc1ccccc1. The molecule has 5 atom stereocenters. The van der Waals surface area contributed by atoms with Crippen molar-refractivity contribution in [3.8, 4) is 0 Å². The van der Waals surface area contributed by atoms with Gasteiger partial charge in [-0.15, -0.1) is 0 Å². The Bertz CT molecular complexity index is 894. The molecule has 0 aromatic heterocycles. The average molecular weight is 474 g/mol. The van der Waals surface area contributed by atoms with E-state index >= 15 is 0 Å². The number of hydrogen-bond acceptors (Lipinski definition) is 8. The van der Waals surface area contributed by atoms with Crippen molar-refractivity contribution < 1.29 is 38.7 Å². The van der Waals surface area contributed by atoms with Crippen LogP contribution < -0.4 is 5.32 Å². The molecule has 184 valence electrons. The number of amides is 1. The molecule has 2 aromatic carbocycles. The molecule has 0 spiro atoms. The molecule has 34 heavy (non-hydrogen) atoms. The van der Waals surface area contributed by atoms with Gasteiger partial charge < -0.3 is 34.5 Å². The Hall–Kier alpha value is -2.82. The minimum Gasteiger partial charge on any atom is -0.461 e. The third kappa shape index (κ3) is 7.61. The maximum absolute atomic E-state index is 12.1. The van der Waals surface area contributed by atoms with Gasteiger partial charge in [0.05, 0.1) is 26.2 Å². The molecule has 1 aliphatic rings. The van der Waals surface area contributed by atoms with Gasteiger partial charge in [-0.25, -0.2) is 0 Å². The Morgan fingerprint density at radius 3 is 2.18 bits per heavy atom. The number of rotatable bonds is 11. The van der Waals surface area contributed by atoms with E-state index in [-0.39, 0.29) is 32.1 Å². The maximum Gasteiger partial charge on any atom is 0.308 e. The largest absolute Gasteiger partial charge is 0.461 e. The molecule has 1 amide bonds. The molecule has 0 bridgehead atoms. The predicted molar refractivity (Wildman–Crippen MR) is 121 cm³/mol. The van der Waals surface area contributed by atoms with E-state index in [1.54, 1.807) is 0 Å². The van der Waals surface area contributed by atoms with E-state index in [2.05, 4.69) is 5.32 Å². The van der Waals surface area contributed by atoms with Crippen molar-refractivity contribution >= 4 is 11.9 Å². The Balaban J connectivity index is 1.60. The summed E-state index contributed by atoms with van der Waals surface area (Å²) >= 11 is 0. The first-order valence-corrected chi connectivity index (χ1v) is 11.2. The van der Waals surface area contributed by atoms with Gasteiger partial charge in [0.1, 0.15) is 31.0 Å². The summed E-state index contributed by atoms with van der Waals surface area (Å²) in [4.78, 5) is 24.0. The molecule has 3 rings (SSSR count). The molecule has 0 saturated carbocycles. The minimum absolute atomic E-state index is 0.0525.